The summed E-state index contributed by atoms with van der Waals surface area (Å²) in [5, 5.41) is 7.72. The topological polar surface area (TPSA) is 29.9 Å². The minimum absolute atomic E-state index is 0.560. The van der Waals surface area contributed by atoms with Crippen LogP contribution in [-0.2, 0) is 6.54 Å². The quantitative estimate of drug-likeness (QED) is 0.749. The van der Waals surface area contributed by atoms with Crippen LogP contribution >= 0.6 is 0 Å². The monoisotopic (exact) mass is 207 g/mol. The number of rotatable bonds is 5. The first kappa shape index (κ1) is 10.7. The highest BCUT2D eigenvalue weighted by atomic mass is 15.3. The van der Waals surface area contributed by atoms with E-state index in [1.165, 1.54) is 25.7 Å². The van der Waals surface area contributed by atoms with Gasteiger partial charge >= 0.3 is 0 Å². The lowest BCUT2D eigenvalue weighted by molar-refractivity contribution is 0.312. The molecule has 0 bridgehead atoms. The number of nitrogens with one attached hydrogen (secondary N) is 1. The molecule has 3 nitrogen and oxygen atoms in total. The zero-order valence-corrected chi connectivity index (χ0v) is 9.58. The maximum Gasteiger partial charge on any atom is 0.0533 e. The van der Waals surface area contributed by atoms with Gasteiger partial charge in [0, 0.05) is 25.5 Å². The van der Waals surface area contributed by atoms with Crippen LogP contribution in [0.2, 0.25) is 0 Å². The second-order valence-electron chi connectivity index (χ2n) is 4.96. The summed E-state index contributed by atoms with van der Waals surface area (Å²) in [4.78, 5) is 0. The van der Waals surface area contributed by atoms with Crippen molar-refractivity contribution in [3.8, 4) is 0 Å². The molecule has 0 spiro atoms. The van der Waals surface area contributed by atoms with Crippen LogP contribution in [0, 0.1) is 5.41 Å². The molecule has 1 aliphatic carbocycles. The number of hydrogen-bond donors (Lipinski definition) is 1. The standard InChI is InChI=1S/C12H21N3/c1-12(5-2-3-6-12)11-13-8-10-15-9-4-7-14-15/h4,7,9,13H,2-3,5-6,8,10-11H2,1H3. The summed E-state index contributed by atoms with van der Waals surface area (Å²) in [6.45, 7) is 5.57. The minimum atomic E-state index is 0.560. The first-order chi connectivity index (χ1) is 7.29. The van der Waals surface area contributed by atoms with Gasteiger partial charge in [-0.3, -0.25) is 4.68 Å². The largest absolute Gasteiger partial charge is 0.314 e. The Morgan fingerprint density at radius 2 is 2.20 bits per heavy atom. The van der Waals surface area contributed by atoms with Gasteiger partial charge in [0.25, 0.3) is 0 Å². The molecular weight excluding hydrogens is 186 g/mol. The maximum atomic E-state index is 4.18. The van der Waals surface area contributed by atoms with Crippen molar-refractivity contribution in [3.63, 3.8) is 0 Å². The molecule has 1 heterocycles. The molecule has 84 valence electrons. The van der Waals surface area contributed by atoms with Crippen LogP contribution in [0.15, 0.2) is 18.5 Å². The second-order valence-corrected chi connectivity index (χ2v) is 4.96. The number of hydrogen-bond acceptors (Lipinski definition) is 2. The molecule has 1 aliphatic rings. The molecule has 3 heteroatoms. The summed E-state index contributed by atoms with van der Waals surface area (Å²) in [5.41, 5.74) is 0.560. The Hall–Kier alpha value is -0.830. The zero-order valence-electron chi connectivity index (χ0n) is 9.58. The summed E-state index contributed by atoms with van der Waals surface area (Å²) in [7, 11) is 0. The fourth-order valence-corrected chi connectivity index (χ4v) is 2.42. The van der Waals surface area contributed by atoms with Gasteiger partial charge in [-0.05, 0) is 24.3 Å². The molecule has 1 fully saturated rings. The van der Waals surface area contributed by atoms with Gasteiger partial charge in [0.2, 0.25) is 0 Å². The van der Waals surface area contributed by atoms with E-state index in [0.29, 0.717) is 5.41 Å². The lowest BCUT2D eigenvalue weighted by atomic mass is 9.89. The van der Waals surface area contributed by atoms with Crippen molar-refractivity contribution in [3.05, 3.63) is 18.5 Å². The van der Waals surface area contributed by atoms with Crippen molar-refractivity contribution >= 4 is 0 Å². The number of nitrogens with zero attached hydrogens (tertiary/aromatic N) is 2. The van der Waals surface area contributed by atoms with Crippen molar-refractivity contribution in [1.29, 1.82) is 0 Å². The third-order valence-corrected chi connectivity index (χ3v) is 3.44. The summed E-state index contributed by atoms with van der Waals surface area (Å²) >= 11 is 0. The average molecular weight is 207 g/mol. The molecule has 1 aromatic rings. The molecule has 0 aromatic carbocycles. The molecule has 0 radical (unpaired) electrons. The highest BCUT2D eigenvalue weighted by molar-refractivity contribution is 4.82. The Labute approximate surface area is 91.9 Å². The van der Waals surface area contributed by atoms with Crippen LogP contribution in [0.3, 0.4) is 0 Å². The van der Waals surface area contributed by atoms with E-state index in [9.17, 15) is 0 Å². The van der Waals surface area contributed by atoms with Gasteiger partial charge in [-0.2, -0.15) is 5.10 Å². The zero-order chi connectivity index (χ0) is 10.6. The van der Waals surface area contributed by atoms with Crippen LogP contribution in [0.25, 0.3) is 0 Å². The first-order valence-electron chi connectivity index (χ1n) is 5.97. The normalized spacial score (nSPS) is 19.5. The van der Waals surface area contributed by atoms with Crippen molar-refractivity contribution in [2.45, 2.75) is 39.2 Å². The second kappa shape index (κ2) is 4.79. The molecule has 0 atom stereocenters. The molecule has 15 heavy (non-hydrogen) atoms. The van der Waals surface area contributed by atoms with Crippen molar-refractivity contribution in [2.24, 2.45) is 5.41 Å². The fourth-order valence-electron chi connectivity index (χ4n) is 2.42. The van der Waals surface area contributed by atoms with Gasteiger partial charge < -0.3 is 5.32 Å². The number of aromatic nitrogens is 2. The molecule has 1 aromatic heterocycles. The highest BCUT2D eigenvalue weighted by Gasteiger charge is 2.27. The van der Waals surface area contributed by atoms with E-state index >= 15 is 0 Å². The van der Waals surface area contributed by atoms with Gasteiger partial charge in [0.05, 0.1) is 6.54 Å². The third kappa shape index (κ3) is 3.06. The van der Waals surface area contributed by atoms with E-state index in [0.717, 1.165) is 19.6 Å². The van der Waals surface area contributed by atoms with Gasteiger partial charge in [-0.15, -0.1) is 0 Å². The molecule has 0 aliphatic heterocycles. The molecule has 2 rings (SSSR count). The van der Waals surface area contributed by atoms with E-state index in [-0.39, 0.29) is 0 Å². The lowest BCUT2D eigenvalue weighted by Crippen LogP contribution is -2.31. The predicted octanol–water partition coefficient (Wildman–Crippen LogP) is 2.05. The maximum absolute atomic E-state index is 4.18. The third-order valence-electron chi connectivity index (χ3n) is 3.44. The van der Waals surface area contributed by atoms with Crippen molar-refractivity contribution in [2.75, 3.05) is 13.1 Å². The van der Waals surface area contributed by atoms with Crippen LogP contribution in [0.1, 0.15) is 32.6 Å². The molecule has 0 unspecified atom stereocenters. The summed E-state index contributed by atoms with van der Waals surface area (Å²) in [6, 6.07) is 1.97. The Morgan fingerprint density at radius 3 is 2.87 bits per heavy atom. The van der Waals surface area contributed by atoms with Gasteiger partial charge in [-0.25, -0.2) is 0 Å². The van der Waals surface area contributed by atoms with Crippen LogP contribution in [0.5, 0.6) is 0 Å². The summed E-state index contributed by atoms with van der Waals surface area (Å²) in [6.07, 6.45) is 9.45. The van der Waals surface area contributed by atoms with E-state index in [1.54, 1.807) is 0 Å². The Bertz CT molecular complexity index is 273. The van der Waals surface area contributed by atoms with E-state index < -0.39 is 0 Å². The van der Waals surface area contributed by atoms with E-state index in [2.05, 4.69) is 17.3 Å². The fraction of sp³-hybridized carbons (Fsp3) is 0.750. The van der Waals surface area contributed by atoms with Crippen molar-refractivity contribution in [1.82, 2.24) is 15.1 Å². The Balaban J connectivity index is 1.62. The molecule has 1 N–H and O–H groups in total. The summed E-state index contributed by atoms with van der Waals surface area (Å²) < 4.78 is 1.98. The summed E-state index contributed by atoms with van der Waals surface area (Å²) in [5.74, 6) is 0. The Morgan fingerprint density at radius 1 is 1.40 bits per heavy atom. The van der Waals surface area contributed by atoms with Crippen molar-refractivity contribution < 1.29 is 0 Å². The van der Waals surface area contributed by atoms with E-state index in [1.807, 2.05) is 23.1 Å². The molecule has 0 saturated heterocycles. The highest BCUT2D eigenvalue weighted by Crippen LogP contribution is 2.36. The SMILES string of the molecule is CC1(CNCCn2cccn2)CCCC1. The molecular formula is C12H21N3. The molecule has 0 amide bonds. The van der Waals surface area contributed by atoms with Crippen LogP contribution < -0.4 is 5.32 Å². The molecule has 1 saturated carbocycles. The lowest BCUT2D eigenvalue weighted by Gasteiger charge is -2.23. The average Bonchev–Trinajstić information content (AvgIpc) is 2.84. The predicted molar refractivity (Wildman–Crippen MR) is 61.7 cm³/mol. The smallest absolute Gasteiger partial charge is 0.0533 e. The van der Waals surface area contributed by atoms with Crippen LogP contribution in [-0.4, -0.2) is 22.9 Å². The van der Waals surface area contributed by atoms with Gasteiger partial charge in [0.1, 0.15) is 0 Å². The first-order valence-corrected chi connectivity index (χ1v) is 5.97. The Kier molecular flexibility index (Phi) is 3.41. The van der Waals surface area contributed by atoms with E-state index in [4.69, 9.17) is 0 Å². The minimum Gasteiger partial charge on any atom is -0.314 e. The van der Waals surface area contributed by atoms with Gasteiger partial charge in [-0.1, -0.05) is 19.8 Å². The van der Waals surface area contributed by atoms with Crippen LogP contribution in [0.4, 0.5) is 0 Å². The van der Waals surface area contributed by atoms with Gasteiger partial charge in [0.15, 0.2) is 0 Å².